The van der Waals surface area contributed by atoms with Gasteiger partial charge in [-0.25, -0.2) is 0 Å². The summed E-state index contributed by atoms with van der Waals surface area (Å²) in [6.45, 7) is 2.00. The first-order valence-corrected chi connectivity index (χ1v) is 4.41. The van der Waals surface area contributed by atoms with Gasteiger partial charge in [0.05, 0.1) is 6.10 Å². The summed E-state index contributed by atoms with van der Waals surface area (Å²) >= 11 is 0. The van der Waals surface area contributed by atoms with Crippen LogP contribution in [0.5, 0.6) is 5.75 Å². The second-order valence-corrected chi connectivity index (χ2v) is 3.12. The van der Waals surface area contributed by atoms with Gasteiger partial charge >= 0.3 is 0 Å². The van der Waals surface area contributed by atoms with Gasteiger partial charge in [-0.2, -0.15) is 0 Å². The van der Waals surface area contributed by atoms with Crippen LogP contribution in [0.2, 0.25) is 0 Å². The number of hydrogen-bond acceptors (Lipinski definition) is 3. The first kappa shape index (κ1) is 9.86. The minimum absolute atomic E-state index is 0.130. The third kappa shape index (κ3) is 2.36. The largest absolute Gasteiger partial charge is 0.508 e. The van der Waals surface area contributed by atoms with Crippen LogP contribution in [-0.2, 0) is 0 Å². The first-order valence-electron chi connectivity index (χ1n) is 4.41. The standard InChI is InChI=1S/C10H15NO2/c1-2-3-10(13)8-5-4-7(12)6-9(8)11/h4-6,10,12-13H,2-3,11H2,1H3. The maximum atomic E-state index is 9.63. The summed E-state index contributed by atoms with van der Waals surface area (Å²) in [5.74, 6) is 0.130. The molecular formula is C10H15NO2. The maximum Gasteiger partial charge on any atom is 0.117 e. The van der Waals surface area contributed by atoms with Gasteiger partial charge in [-0.1, -0.05) is 19.4 Å². The van der Waals surface area contributed by atoms with Crippen LogP contribution < -0.4 is 5.73 Å². The molecular weight excluding hydrogens is 166 g/mol. The Bertz CT molecular complexity index is 286. The van der Waals surface area contributed by atoms with Crippen molar-refractivity contribution in [1.82, 2.24) is 0 Å². The molecule has 0 saturated heterocycles. The predicted molar refractivity (Wildman–Crippen MR) is 52.4 cm³/mol. The highest BCUT2D eigenvalue weighted by Gasteiger charge is 2.09. The number of anilines is 1. The normalized spacial score (nSPS) is 12.8. The Hall–Kier alpha value is -1.22. The van der Waals surface area contributed by atoms with Crippen LogP contribution >= 0.6 is 0 Å². The van der Waals surface area contributed by atoms with E-state index in [9.17, 15) is 5.11 Å². The fourth-order valence-corrected chi connectivity index (χ4v) is 1.29. The van der Waals surface area contributed by atoms with Gasteiger partial charge in [0.15, 0.2) is 0 Å². The van der Waals surface area contributed by atoms with Crippen molar-refractivity contribution in [3.8, 4) is 5.75 Å². The molecule has 0 fully saturated rings. The van der Waals surface area contributed by atoms with E-state index in [0.29, 0.717) is 17.7 Å². The van der Waals surface area contributed by atoms with Gasteiger partial charge in [0, 0.05) is 17.3 Å². The van der Waals surface area contributed by atoms with Gasteiger partial charge in [0.2, 0.25) is 0 Å². The number of aromatic hydroxyl groups is 1. The molecule has 13 heavy (non-hydrogen) atoms. The number of hydrogen-bond donors (Lipinski definition) is 3. The van der Waals surface area contributed by atoms with Crippen molar-refractivity contribution in [3.63, 3.8) is 0 Å². The third-order valence-electron chi connectivity index (χ3n) is 1.99. The van der Waals surface area contributed by atoms with E-state index in [4.69, 9.17) is 10.8 Å². The second kappa shape index (κ2) is 4.14. The summed E-state index contributed by atoms with van der Waals surface area (Å²) in [7, 11) is 0. The van der Waals surface area contributed by atoms with Crippen LogP contribution in [-0.4, -0.2) is 10.2 Å². The molecule has 0 aromatic heterocycles. The number of aliphatic hydroxyl groups excluding tert-OH is 1. The van der Waals surface area contributed by atoms with E-state index < -0.39 is 6.10 Å². The van der Waals surface area contributed by atoms with Crippen LogP contribution in [0.4, 0.5) is 5.69 Å². The minimum Gasteiger partial charge on any atom is -0.508 e. The molecule has 0 aliphatic rings. The van der Waals surface area contributed by atoms with E-state index in [0.717, 1.165) is 6.42 Å². The molecule has 72 valence electrons. The quantitative estimate of drug-likeness (QED) is 0.623. The Kier molecular flexibility index (Phi) is 3.14. The van der Waals surface area contributed by atoms with Crippen molar-refractivity contribution in [2.24, 2.45) is 0 Å². The van der Waals surface area contributed by atoms with Gasteiger partial charge in [-0.3, -0.25) is 0 Å². The first-order chi connectivity index (χ1) is 6.15. The molecule has 3 heteroatoms. The number of aliphatic hydroxyl groups is 1. The number of benzene rings is 1. The van der Waals surface area contributed by atoms with Crippen molar-refractivity contribution >= 4 is 5.69 Å². The number of nitrogens with two attached hydrogens (primary N) is 1. The summed E-state index contributed by atoms with van der Waals surface area (Å²) in [5.41, 5.74) is 6.77. The molecule has 1 aromatic carbocycles. The van der Waals surface area contributed by atoms with Crippen molar-refractivity contribution in [2.45, 2.75) is 25.9 Å². The lowest BCUT2D eigenvalue weighted by Gasteiger charge is -2.12. The smallest absolute Gasteiger partial charge is 0.117 e. The maximum absolute atomic E-state index is 9.63. The molecule has 1 atom stereocenters. The fourth-order valence-electron chi connectivity index (χ4n) is 1.29. The van der Waals surface area contributed by atoms with Crippen molar-refractivity contribution in [3.05, 3.63) is 23.8 Å². The molecule has 0 bridgehead atoms. The molecule has 1 unspecified atom stereocenters. The van der Waals surface area contributed by atoms with E-state index in [1.165, 1.54) is 12.1 Å². The summed E-state index contributed by atoms with van der Waals surface area (Å²) < 4.78 is 0. The Morgan fingerprint density at radius 2 is 2.15 bits per heavy atom. The molecule has 3 nitrogen and oxygen atoms in total. The van der Waals surface area contributed by atoms with Crippen molar-refractivity contribution in [2.75, 3.05) is 5.73 Å². The Morgan fingerprint density at radius 1 is 1.46 bits per heavy atom. The molecule has 0 spiro atoms. The highest BCUT2D eigenvalue weighted by molar-refractivity contribution is 5.51. The van der Waals surface area contributed by atoms with Gasteiger partial charge in [-0.05, 0) is 12.5 Å². The van der Waals surface area contributed by atoms with Crippen LogP contribution in [0.25, 0.3) is 0 Å². The van der Waals surface area contributed by atoms with E-state index in [1.807, 2.05) is 6.92 Å². The third-order valence-corrected chi connectivity index (χ3v) is 1.99. The van der Waals surface area contributed by atoms with E-state index in [-0.39, 0.29) is 5.75 Å². The van der Waals surface area contributed by atoms with E-state index in [2.05, 4.69) is 0 Å². The zero-order valence-corrected chi connectivity index (χ0v) is 7.70. The van der Waals surface area contributed by atoms with Gasteiger partial charge in [0.1, 0.15) is 5.75 Å². The lowest BCUT2D eigenvalue weighted by atomic mass is 10.0. The SMILES string of the molecule is CCCC(O)c1ccc(O)cc1N. The van der Waals surface area contributed by atoms with Gasteiger partial charge in [0.25, 0.3) is 0 Å². The summed E-state index contributed by atoms with van der Waals surface area (Å²) in [6, 6.07) is 4.64. The summed E-state index contributed by atoms with van der Waals surface area (Å²) in [6.07, 6.45) is 1.07. The minimum atomic E-state index is -0.523. The van der Waals surface area contributed by atoms with Crippen LogP contribution in [0, 0.1) is 0 Å². The van der Waals surface area contributed by atoms with Crippen LogP contribution in [0.3, 0.4) is 0 Å². The van der Waals surface area contributed by atoms with E-state index >= 15 is 0 Å². The number of rotatable bonds is 3. The molecule has 0 saturated carbocycles. The lowest BCUT2D eigenvalue weighted by Crippen LogP contribution is -2.01. The molecule has 1 rings (SSSR count). The Balaban J connectivity index is 2.88. The van der Waals surface area contributed by atoms with Crippen LogP contribution in [0.1, 0.15) is 31.4 Å². The second-order valence-electron chi connectivity index (χ2n) is 3.12. The average Bonchev–Trinajstić information content (AvgIpc) is 2.04. The molecule has 0 aliphatic carbocycles. The van der Waals surface area contributed by atoms with Crippen molar-refractivity contribution in [1.29, 1.82) is 0 Å². The van der Waals surface area contributed by atoms with Crippen LogP contribution in [0.15, 0.2) is 18.2 Å². The Morgan fingerprint density at radius 3 is 2.69 bits per heavy atom. The summed E-state index contributed by atoms with van der Waals surface area (Å²) in [5, 5.41) is 18.7. The molecule has 0 amide bonds. The zero-order chi connectivity index (χ0) is 9.84. The fraction of sp³-hybridized carbons (Fsp3) is 0.400. The number of nitrogen functional groups attached to an aromatic ring is 1. The highest BCUT2D eigenvalue weighted by Crippen LogP contribution is 2.26. The predicted octanol–water partition coefficient (Wildman–Crippen LogP) is 1.81. The summed E-state index contributed by atoms with van der Waals surface area (Å²) in [4.78, 5) is 0. The zero-order valence-electron chi connectivity index (χ0n) is 7.70. The number of phenolic OH excluding ortho intramolecular Hbond substituents is 1. The topological polar surface area (TPSA) is 66.5 Å². The average molecular weight is 181 g/mol. The molecule has 0 heterocycles. The van der Waals surface area contributed by atoms with Gasteiger partial charge in [-0.15, -0.1) is 0 Å². The molecule has 4 N–H and O–H groups in total. The molecule has 0 radical (unpaired) electrons. The highest BCUT2D eigenvalue weighted by atomic mass is 16.3. The molecule has 0 aliphatic heterocycles. The Labute approximate surface area is 77.8 Å². The lowest BCUT2D eigenvalue weighted by molar-refractivity contribution is 0.167. The van der Waals surface area contributed by atoms with Gasteiger partial charge < -0.3 is 15.9 Å². The van der Waals surface area contributed by atoms with Crippen molar-refractivity contribution < 1.29 is 10.2 Å². The van der Waals surface area contributed by atoms with E-state index in [1.54, 1.807) is 6.07 Å². The monoisotopic (exact) mass is 181 g/mol. The number of phenols is 1. The molecule has 1 aromatic rings.